The quantitative estimate of drug-likeness (QED) is 0.305. The highest BCUT2D eigenvalue weighted by atomic mass is 16.5. The van der Waals surface area contributed by atoms with Crippen LogP contribution in [0.15, 0.2) is 11.6 Å². The average Bonchev–Trinajstić information content (AvgIpc) is 3.15. The second-order valence-corrected chi connectivity index (χ2v) is 13.7. The summed E-state index contributed by atoms with van der Waals surface area (Å²) in [7, 11) is 0. The van der Waals surface area contributed by atoms with Gasteiger partial charge in [0.15, 0.2) is 6.10 Å². The van der Waals surface area contributed by atoms with Crippen LogP contribution in [0.4, 0.5) is 0 Å². The van der Waals surface area contributed by atoms with E-state index in [0.29, 0.717) is 11.3 Å². The van der Waals surface area contributed by atoms with E-state index in [2.05, 4.69) is 40.7 Å². The smallest absolute Gasteiger partial charge is 0.333 e. The van der Waals surface area contributed by atoms with Gasteiger partial charge in [0.1, 0.15) is 0 Å². The van der Waals surface area contributed by atoms with Crippen LogP contribution in [0, 0.1) is 46.3 Å². The summed E-state index contributed by atoms with van der Waals surface area (Å²) in [5.41, 5.74) is 2.10. The van der Waals surface area contributed by atoms with Gasteiger partial charge in [-0.3, -0.25) is 4.79 Å². The summed E-state index contributed by atoms with van der Waals surface area (Å²) in [6.07, 6.45) is 13.8. The number of allylic oxidation sites excluding steroid dienone is 1. The molecule has 3 saturated carbocycles. The zero-order valence-corrected chi connectivity index (χ0v) is 23.3. The highest BCUT2D eigenvalue weighted by Crippen LogP contribution is 2.67. The van der Waals surface area contributed by atoms with E-state index in [1.165, 1.54) is 50.5 Å². The lowest BCUT2D eigenvalue weighted by molar-refractivity contribution is -0.162. The van der Waals surface area contributed by atoms with Gasteiger partial charge in [-0.1, -0.05) is 65.5 Å². The molecule has 36 heavy (non-hydrogen) atoms. The Labute approximate surface area is 218 Å². The molecule has 4 aliphatic rings. The second kappa shape index (κ2) is 10.8. The standard InChI is InChI=1S/C31H50O5/c1-19(2)7-6-8-20(3)24-11-12-25-23-10-9-21-17-22(36-27(29(34)35)18-28(32)33)13-15-30(21,4)26(23)14-16-31(24,25)5/h9,19-20,22-27H,6-8,10-18H2,1-5H3,(H,32,33)(H,34,35)/t20-,22?,23?,24-,25?,26?,27?,30+,31-/m1/s1. The molecule has 0 heterocycles. The lowest BCUT2D eigenvalue weighted by atomic mass is 9.47. The SMILES string of the molecule is CC(C)CCC[C@@H](C)[C@H]1CCC2C3CC=C4CC(OC(CC(=O)O)C(=O)O)CC[C@]4(C)C3CC[C@@]21C. The molecule has 0 amide bonds. The molecule has 9 atom stereocenters. The van der Waals surface area contributed by atoms with Crippen molar-refractivity contribution in [1.82, 2.24) is 0 Å². The van der Waals surface area contributed by atoms with E-state index in [-0.39, 0.29) is 11.5 Å². The summed E-state index contributed by atoms with van der Waals surface area (Å²) in [6.45, 7) is 12.3. The van der Waals surface area contributed by atoms with E-state index in [0.717, 1.165) is 55.3 Å². The van der Waals surface area contributed by atoms with E-state index in [1.807, 2.05) is 0 Å². The van der Waals surface area contributed by atoms with Crippen LogP contribution in [0.25, 0.3) is 0 Å². The Morgan fingerprint density at radius 3 is 2.44 bits per heavy atom. The van der Waals surface area contributed by atoms with Gasteiger partial charge in [-0.2, -0.15) is 0 Å². The van der Waals surface area contributed by atoms with Gasteiger partial charge < -0.3 is 14.9 Å². The Kier molecular flexibility index (Phi) is 8.29. The molecule has 3 fully saturated rings. The third kappa shape index (κ3) is 5.28. The molecular formula is C31H50O5. The monoisotopic (exact) mass is 502 g/mol. The Hall–Kier alpha value is -1.36. The van der Waals surface area contributed by atoms with E-state index in [1.54, 1.807) is 0 Å². The van der Waals surface area contributed by atoms with Gasteiger partial charge in [0.05, 0.1) is 12.5 Å². The van der Waals surface area contributed by atoms with Crippen LogP contribution in [0.2, 0.25) is 0 Å². The summed E-state index contributed by atoms with van der Waals surface area (Å²) in [5.74, 6) is 2.48. The molecule has 0 aliphatic heterocycles. The first-order valence-electron chi connectivity index (χ1n) is 14.7. The van der Waals surface area contributed by atoms with Crippen LogP contribution < -0.4 is 0 Å². The molecule has 2 N–H and O–H groups in total. The maximum absolute atomic E-state index is 11.5. The number of carbonyl (C=O) groups is 2. The maximum Gasteiger partial charge on any atom is 0.333 e. The summed E-state index contributed by atoms with van der Waals surface area (Å²) in [5, 5.41) is 18.5. The zero-order chi connectivity index (χ0) is 26.3. The van der Waals surface area contributed by atoms with Crippen molar-refractivity contribution < 1.29 is 24.5 Å². The van der Waals surface area contributed by atoms with Gasteiger partial charge >= 0.3 is 11.9 Å². The molecular weight excluding hydrogens is 452 g/mol. The number of aliphatic carboxylic acids is 2. The third-order valence-electron chi connectivity index (χ3n) is 11.3. The lowest BCUT2D eigenvalue weighted by Crippen LogP contribution is -2.51. The highest BCUT2D eigenvalue weighted by Gasteiger charge is 2.59. The van der Waals surface area contributed by atoms with Crippen LogP contribution in [-0.4, -0.2) is 34.4 Å². The fourth-order valence-electron chi connectivity index (χ4n) is 9.35. The number of rotatable bonds is 10. The molecule has 5 unspecified atom stereocenters. The summed E-state index contributed by atoms with van der Waals surface area (Å²) in [6, 6.07) is 0. The Morgan fingerprint density at radius 1 is 1.03 bits per heavy atom. The van der Waals surface area contributed by atoms with Gasteiger partial charge in [-0.15, -0.1) is 0 Å². The molecule has 0 aromatic heterocycles. The Balaban J connectivity index is 1.44. The average molecular weight is 503 g/mol. The van der Waals surface area contributed by atoms with Gasteiger partial charge in [-0.05, 0) is 97.7 Å². The minimum Gasteiger partial charge on any atom is -0.481 e. The number of carboxylic acids is 2. The van der Waals surface area contributed by atoms with Crippen LogP contribution in [0.3, 0.4) is 0 Å². The molecule has 0 spiro atoms. The number of hydrogen-bond donors (Lipinski definition) is 2. The van der Waals surface area contributed by atoms with Crippen molar-refractivity contribution in [1.29, 1.82) is 0 Å². The molecule has 0 radical (unpaired) electrons. The number of fused-ring (bicyclic) bond motifs is 5. The van der Waals surface area contributed by atoms with Crippen molar-refractivity contribution in [3.8, 4) is 0 Å². The van der Waals surface area contributed by atoms with Crippen LogP contribution in [0.1, 0.15) is 112 Å². The van der Waals surface area contributed by atoms with E-state index in [4.69, 9.17) is 9.84 Å². The number of carboxylic acid groups (broad SMARTS) is 2. The van der Waals surface area contributed by atoms with E-state index >= 15 is 0 Å². The Morgan fingerprint density at radius 2 is 1.78 bits per heavy atom. The largest absolute Gasteiger partial charge is 0.481 e. The predicted molar refractivity (Wildman–Crippen MR) is 142 cm³/mol. The molecule has 204 valence electrons. The van der Waals surface area contributed by atoms with Crippen LogP contribution in [-0.2, 0) is 14.3 Å². The topological polar surface area (TPSA) is 83.8 Å². The van der Waals surface area contributed by atoms with Gasteiger partial charge in [-0.25, -0.2) is 4.79 Å². The van der Waals surface area contributed by atoms with Gasteiger partial charge in [0.2, 0.25) is 0 Å². The van der Waals surface area contributed by atoms with Crippen molar-refractivity contribution in [3.05, 3.63) is 11.6 Å². The van der Waals surface area contributed by atoms with Crippen molar-refractivity contribution in [2.24, 2.45) is 46.3 Å². The Bertz CT molecular complexity index is 848. The first-order chi connectivity index (χ1) is 17.0. The van der Waals surface area contributed by atoms with Crippen molar-refractivity contribution in [2.75, 3.05) is 0 Å². The third-order valence-corrected chi connectivity index (χ3v) is 11.3. The summed E-state index contributed by atoms with van der Waals surface area (Å²) >= 11 is 0. The van der Waals surface area contributed by atoms with Gasteiger partial charge in [0, 0.05) is 0 Å². The van der Waals surface area contributed by atoms with Crippen molar-refractivity contribution >= 4 is 11.9 Å². The maximum atomic E-state index is 11.5. The molecule has 0 aromatic rings. The van der Waals surface area contributed by atoms with Gasteiger partial charge in [0.25, 0.3) is 0 Å². The zero-order valence-electron chi connectivity index (χ0n) is 23.3. The minimum atomic E-state index is -1.26. The first kappa shape index (κ1) is 27.7. The number of ether oxygens (including phenoxy) is 1. The first-order valence-corrected chi connectivity index (χ1v) is 14.7. The van der Waals surface area contributed by atoms with Crippen molar-refractivity contribution in [3.63, 3.8) is 0 Å². The molecule has 5 heteroatoms. The summed E-state index contributed by atoms with van der Waals surface area (Å²) < 4.78 is 5.85. The molecule has 0 aromatic carbocycles. The van der Waals surface area contributed by atoms with E-state index in [9.17, 15) is 14.7 Å². The lowest BCUT2D eigenvalue weighted by Gasteiger charge is -2.58. The minimum absolute atomic E-state index is 0.177. The molecule has 0 saturated heterocycles. The predicted octanol–water partition coefficient (Wildman–Crippen LogP) is 7.34. The van der Waals surface area contributed by atoms with Crippen LogP contribution in [0.5, 0.6) is 0 Å². The van der Waals surface area contributed by atoms with E-state index < -0.39 is 24.5 Å². The van der Waals surface area contributed by atoms with Crippen molar-refractivity contribution in [2.45, 2.75) is 124 Å². The fraction of sp³-hybridized carbons (Fsp3) is 0.871. The normalized spacial score (nSPS) is 39.5. The molecule has 0 bridgehead atoms. The molecule has 4 rings (SSSR count). The highest BCUT2D eigenvalue weighted by molar-refractivity contribution is 5.79. The second-order valence-electron chi connectivity index (χ2n) is 13.7. The molecule has 4 aliphatic carbocycles. The molecule has 5 nitrogen and oxygen atoms in total. The number of hydrogen-bond acceptors (Lipinski definition) is 3. The van der Waals surface area contributed by atoms with Crippen LogP contribution >= 0.6 is 0 Å². The fourth-order valence-corrected chi connectivity index (χ4v) is 9.35. The summed E-state index contributed by atoms with van der Waals surface area (Å²) in [4.78, 5) is 22.6.